The van der Waals surface area contributed by atoms with Crippen LogP contribution in [0.1, 0.15) is 39.0 Å². The van der Waals surface area contributed by atoms with Crippen LogP contribution in [0, 0.1) is 0 Å². The number of amides is 1. The number of carbonyl (C=O) groups is 2. The fourth-order valence-electron chi connectivity index (χ4n) is 3.90. The van der Waals surface area contributed by atoms with Crippen LogP contribution in [0.15, 0.2) is 71.2 Å². The topological polar surface area (TPSA) is 57.6 Å². The van der Waals surface area contributed by atoms with Gasteiger partial charge in [0.1, 0.15) is 5.92 Å². The zero-order chi connectivity index (χ0) is 21.4. The fourth-order valence-corrected chi connectivity index (χ4v) is 4.48. The summed E-state index contributed by atoms with van der Waals surface area (Å²) in [5, 5.41) is 10.9. The quantitative estimate of drug-likeness (QED) is 0.452. The molecule has 1 amide bonds. The van der Waals surface area contributed by atoms with Crippen molar-refractivity contribution in [2.75, 3.05) is 0 Å². The van der Waals surface area contributed by atoms with E-state index in [1.807, 2.05) is 24.3 Å². The number of nitrogens with zero attached hydrogens (tertiary/aromatic N) is 1. The SMILES string of the molecule is O=C(O)C1c2ccccc2C(=O)N(Cc2ccc(Cl)c(Cl)c2)C1c1ccc(Br)cc1. The summed E-state index contributed by atoms with van der Waals surface area (Å²) in [6, 6.07) is 18.7. The van der Waals surface area contributed by atoms with Gasteiger partial charge < -0.3 is 10.0 Å². The molecular weight excluding hydrogens is 489 g/mol. The van der Waals surface area contributed by atoms with E-state index in [4.69, 9.17) is 23.2 Å². The number of halogens is 3. The molecule has 152 valence electrons. The molecule has 3 aromatic rings. The predicted molar refractivity (Wildman–Crippen MR) is 120 cm³/mol. The van der Waals surface area contributed by atoms with E-state index >= 15 is 0 Å². The summed E-state index contributed by atoms with van der Waals surface area (Å²) in [5.74, 6) is -2.10. The van der Waals surface area contributed by atoms with Gasteiger partial charge in [-0.2, -0.15) is 0 Å². The molecule has 0 aliphatic carbocycles. The monoisotopic (exact) mass is 503 g/mol. The van der Waals surface area contributed by atoms with Crippen LogP contribution in [0.25, 0.3) is 0 Å². The lowest BCUT2D eigenvalue weighted by Gasteiger charge is -2.41. The Balaban J connectivity index is 1.87. The maximum absolute atomic E-state index is 13.5. The number of aliphatic carboxylic acids is 1. The van der Waals surface area contributed by atoms with Crippen molar-refractivity contribution < 1.29 is 14.7 Å². The number of carbonyl (C=O) groups excluding carboxylic acids is 1. The molecule has 0 saturated carbocycles. The van der Waals surface area contributed by atoms with Gasteiger partial charge in [0, 0.05) is 16.6 Å². The first-order valence-electron chi connectivity index (χ1n) is 9.19. The van der Waals surface area contributed by atoms with Crippen molar-refractivity contribution in [2.24, 2.45) is 0 Å². The lowest BCUT2D eigenvalue weighted by atomic mass is 9.79. The van der Waals surface area contributed by atoms with Crippen molar-refractivity contribution in [2.45, 2.75) is 18.5 Å². The minimum absolute atomic E-state index is 0.203. The standard InChI is InChI=1S/C23H16BrCl2NO3/c24-15-8-6-14(7-9-15)21-20(23(29)30)16-3-1-2-4-17(16)22(28)27(21)12-13-5-10-18(25)19(26)11-13/h1-11,20-21H,12H2,(H,29,30). The van der Waals surface area contributed by atoms with Gasteiger partial charge in [-0.05, 0) is 47.0 Å². The van der Waals surface area contributed by atoms with Crippen molar-refractivity contribution >= 4 is 51.0 Å². The van der Waals surface area contributed by atoms with Crippen molar-refractivity contribution in [3.8, 4) is 0 Å². The highest BCUT2D eigenvalue weighted by molar-refractivity contribution is 9.10. The first-order valence-corrected chi connectivity index (χ1v) is 10.7. The van der Waals surface area contributed by atoms with Crippen molar-refractivity contribution in [3.05, 3.63) is 104 Å². The van der Waals surface area contributed by atoms with E-state index in [0.29, 0.717) is 21.2 Å². The Morgan fingerprint density at radius 1 is 1.00 bits per heavy atom. The Hall–Kier alpha value is -2.34. The molecule has 2 atom stereocenters. The summed E-state index contributed by atoms with van der Waals surface area (Å²) in [7, 11) is 0. The zero-order valence-electron chi connectivity index (χ0n) is 15.6. The minimum Gasteiger partial charge on any atom is -0.481 e. The third kappa shape index (κ3) is 3.85. The first kappa shape index (κ1) is 20.9. The average molecular weight is 505 g/mol. The third-order valence-electron chi connectivity index (χ3n) is 5.25. The maximum atomic E-state index is 13.5. The first-order chi connectivity index (χ1) is 14.4. The Bertz CT molecular complexity index is 1130. The molecule has 0 bridgehead atoms. The normalized spacial score (nSPS) is 18.2. The molecule has 1 N–H and O–H groups in total. The summed E-state index contributed by atoms with van der Waals surface area (Å²) in [6.07, 6.45) is 0. The van der Waals surface area contributed by atoms with Crippen LogP contribution in [0.4, 0.5) is 0 Å². The van der Waals surface area contributed by atoms with Crippen molar-refractivity contribution in [3.63, 3.8) is 0 Å². The summed E-state index contributed by atoms with van der Waals surface area (Å²) in [6.45, 7) is 0.203. The Labute approximate surface area is 192 Å². The van der Waals surface area contributed by atoms with Crippen molar-refractivity contribution in [1.82, 2.24) is 4.90 Å². The highest BCUT2D eigenvalue weighted by Gasteiger charge is 2.44. The van der Waals surface area contributed by atoms with Gasteiger partial charge in [0.15, 0.2) is 0 Å². The minimum atomic E-state index is -0.984. The summed E-state index contributed by atoms with van der Waals surface area (Å²) in [4.78, 5) is 27.4. The van der Waals surface area contributed by atoms with E-state index < -0.39 is 17.9 Å². The van der Waals surface area contributed by atoms with E-state index in [1.165, 1.54) is 0 Å². The largest absolute Gasteiger partial charge is 0.481 e. The fraction of sp³-hybridized carbons (Fsp3) is 0.130. The van der Waals surface area contributed by atoms with Crippen LogP contribution in [-0.2, 0) is 11.3 Å². The van der Waals surface area contributed by atoms with Crippen molar-refractivity contribution in [1.29, 1.82) is 0 Å². The second-order valence-corrected chi connectivity index (χ2v) is 8.81. The number of benzene rings is 3. The molecule has 4 rings (SSSR count). The van der Waals surface area contributed by atoms with Gasteiger partial charge in [-0.25, -0.2) is 0 Å². The third-order valence-corrected chi connectivity index (χ3v) is 6.52. The summed E-state index contributed by atoms with van der Waals surface area (Å²) < 4.78 is 0.872. The number of fused-ring (bicyclic) bond motifs is 1. The summed E-state index contributed by atoms with van der Waals surface area (Å²) >= 11 is 15.6. The van der Waals surface area contributed by atoms with Gasteiger partial charge in [0.2, 0.25) is 0 Å². The zero-order valence-corrected chi connectivity index (χ0v) is 18.7. The molecule has 0 saturated heterocycles. The Kier molecular flexibility index (Phi) is 5.87. The van der Waals surface area contributed by atoms with Gasteiger partial charge >= 0.3 is 5.97 Å². The molecule has 0 fully saturated rings. The van der Waals surface area contributed by atoms with E-state index in [1.54, 1.807) is 47.4 Å². The molecule has 2 unspecified atom stereocenters. The second kappa shape index (κ2) is 8.42. The van der Waals surface area contributed by atoms with Crippen LogP contribution < -0.4 is 0 Å². The van der Waals surface area contributed by atoms with E-state index in [9.17, 15) is 14.7 Å². The second-order valence-electron chi connectivity index (χ2n) is 7.08. The van der Waals surface area contributed by atoms with E-state index in [0.717, 1.165) is 15.6 Å². The van der Waals surface area contributed by atoms with Gasteiger partial charge in [0.25, 0.3) is 5.91 Å². The number of carboxylic acid groups (broad SMARTS) is 1. The smallest absolute Gasteiger partial charge is 0.313 e. The number of carboxylic acids is 1. The van der Waals surface area contributed by atoms with Gasteiger partial charge in [-0.3, -0.25) is 9.59 Å². The molecule has 1 aliphatic heterocycles. The molecular formula is C23H16BrCl2NO3. The summed E-state index contributed by atoms with van der Waals surface area (Å²) in [5.41, 5.74) is 2.43. The molecule has 0 radical (unpaired) electrons. The highest BCUT2D eigenvalue weighted by atomic mass is 79.9. The molecule has 30 heavy (non-hydrogen) atoms. The van der Waals surface area contributed by atoms with Crippen LogP contribution >= 0.6 is 39.1 Å². The molecule has 0 aromatic heterocycles. The lowest BCUT2D eigenvalue weighted by Crippen LogP contribution is -2.44. The van der Waals surface area contributed by atoms with Crippen LogP contribution in [0.5, 0.6) is 0 Å². The number of rotatable bonds is 4. The average Bonchev–Trinajstić information content (AvgIpc) is 2.73. The Morgan fingerprint density at radius 3 is 2.37 bits per heavy atom. The molecule has 4 nitrogen and oxygen atoms in total. The lowest BCUT2D eigenvalue weighted by molar-refractivity contribution is -0.140. The molecule has 1 aliphatic rings. The van der Waals surface area contributed by atoms with Crippen LogP contribution in [0.2, 0.25) is 10.0 Å². The molecule has 7 heteroatoms. The predicted octanol–water partition coefficient (Wildman–Crippen LogP) is 6.32. The van der Waals surface area contributed by atoms with Crippen LogP contribution in [-0.4, -0.2) is 21.9 Å². The molecule has 3 aromatic carbocycles. The number of hydrogen-bond acceptors (Lipinski definition) is 2. The van der Waals surface area contributed by atoms with Gasteiger partial charge in [0.05, 0.1) is 16.1 Å². The maximum Gasteiger partial charge on any atom is 0.313 e. The van der Waals surface area contributed by atoms with Gasteiger partial charge in [-0.15, -0.1) is 0 Å². The van der Waals surface area contributed by atoms with E-state index in [2.05, 4.69) is 15.9 Å². The van der Waals surface area contributed by atoms with Gasteiger partial charge in [-0.1, -0.05) is 75.5 Å². The van der Waals surface area contributed by atoms with Crippen LogP contribution in [0.3, 0.4) is 0 Å². The molecule has 1 heterocycles. The highest BCUT2D eigenvalue weighted by Crippen LogP contribution is 2.44. The Morgan fingerprint density at radius 2 is 1.70 bits per heavy atom. The number of hydrogen-bond donors (Lipinski definition) is 1. The molecule has 0 spiro atoms. The van der Waals surface area contributed by atoms with E-state index in [-0.39, 0.29) is 12.5 Å².